The predicted molar refractivity (Wildman–Crippen MR) is 69.0 cm³/mol. The van der Waals surface area contributed by atoms with Crippen molar-refractivity contribution in [1.82, 2.24) is 0 Å². The van der Waals surface area contributed by atoms with Crippen LogP contribution in [0.1, 0.15) is 32.8 Å². The van der Waals surface area contributed by atoms with Gasteiger partial charge in [-0.1, -0.05) is 51.1 Å². The molecule has 0 aromatic heterocycles. The summed E-state index contributed by atoms with van der Waals surface area (Å²) in [5, 5.41) is 7.80. The first kappa shape index (κ1) is 12.4. The van der Waals surface area contributed by atoms with E-state index in [2.05, 4.69) is 25.8 Å². The van der Waals surface area contributed by atoms with Crippen LogP contribution in [0.3, 0.4) is 0 Å². The van der Waals surface area contributed by atoms with Crippen molar-refractivity contribution in [2.75, 3.05) is 0 Å². The Morgan fingerprint density at radius 3 is 2.31 bits per heavy atom. The van der Waals surface area contributed by atoms with E-state index in [1.165, 1.54) is 0 Å². The predicted octanol–water partition coefficient (Wildman–Crippen LogP) is 2.81. The first-order chi connectivity index (χ1) is 7.38. The highest BCUT2D eigenvalue weighted by molar-refractivity contribution is 6.04. The van der Waals surface area contributed by atoms with Gasteiger partial charge in [0.05, 0.1) is 0 Å². The summed E-state index contributed by atoms with van der Waals surface area (Å²) in [5.41, 5.74) is 6.70. The van der Waals surface area contributed by atoms with Crippen molar-refractivity contribution in [2.45, 2.75) is 27.2 Å². The Morgan fingerprint density at radius 2 is 1.81 bits per heavy atom. The molecular formula is C13H19N3. The van der Waals surface area contributed by atoms with E-state index >= 15 is 0 Å². The van der Waals surface area contributed by atoms with E-state index < -0.39 is 0 Å². The fourth-order valence-electron chi connectivity index (χ4n) is 1.39. The molecule has 0 aliphatic heterocycles. The van der Waals surface area contributed by atoms with Crippen LogP contribution in [0, 0.1) is 10.8 Å². The Hall–Kier alpha value is -1.64. The third-order valence-corrected chi connectivity index (χ3v) is 2.01. The van der Waals surface area contributed by atoms with Gasteiger partial charge in [0, 0.05) is 12.0 Å². The summed E-state index contributed by atoms with van der Waals surface area (Å²) >= 11 is 0. The standard InChI is InChI=1S/C13H19N3/c1-13(2,3)9-11(14)16-12(15)10-7-5-4-6-8-10/h4-8H,9H2,1-3H3,(H3,14,15,16). The smallest absolute Gasteiger partial charge is 0.153 e. The lowest BCUT2D eigenvalue weighted by Crippen LogP contribution is -2.21. The molecule has 0 saturated carbocycles. The summed E-state index contributed by atoms with van der Waals surface area (Å²) in [6.07, 6.45) is 0.697. The fourth-order valence-corrected chi connectivity index (χ4v) is 1.39. The summed E-state index contributed by atoms with van der Waals surface area (Å²) in [7, 11) is 0. The maximum Gasteiger partial charge on any atom is 0.153 e. The molecule has 0 bridgehead atoms. The van der Waals surface area contributed by atoms with Crippen molar-refractivity contribution in [2.24, 2.45) is 16.1 Å². The van der Waals surface area contributed by atoms with Gasteiger partial charge in [0.2, 0.25) is 0 Å². The minimum absolute atomic E-state index is 0.102. The molecule has 0 radical (unpaired) electrons. The topological polar surface area (TPSA) is 62.2 Å². The third kappa shape index (κ3) is 4.26. The minimum Gasteiger partial charge on any atom is -0.387 e. The van der Waals surface area contributed by atoms with Crippen molar-refractivity contribution >= 4 is 11.7 Å². The Labute approximate surface area is 96.9 Å². The van der Waals surface area contributed by atoms with E-state index in [-0.39, 0.29) is 11.3 Å². The van der Waals surface area contributed by atoms with Gasteiger partial charge in [-0.3, -0.25) is 5.41 Å². The van der Waals surface area contributed by atoms with Gasteiger partial charge in [0.15, 0.2) is 5.84 Å². The first-order valence-corrected chi connectivity index (χ1v) is 5.35. The largest absolute Gasteiger partial charge is 0.387 e. The Morgan fingerprint density at radius 1 is 1.25 bits per heavy atom. The molecule has 0 amide bonds. The van der Waals surface area contributed by atoms with E-state index in [0.717, 1.165) is 5.56 Å². The number of nitrogens with one attached hydrogen (secondary N) is 1. The average molecular weight is 217 g/mol. The number of aliphatic imine (C=N–C) groups is 1. The first-order valence-electron chi connectivity index (χ1n) is 5.35. The molecule has 1 aromatic carbocycles. The molecular weight excluding hydrogens is 198 g/mol. The van der Waals surface area contributed by atoms with Crippen molar-refractivity contribution < 1.29 is 0 Å². The van der Waals surface area contributed by atoms with Crippen molar-refractivity contribution in [3.05, 3.63) is 35.9 Å². The van der Waals surface area contributed by atoms with E-state index in [1.54, 1.807) is 0 Å². The van der Waals surface area contributed by atoms with Crippen LogP contribution in [0.2, 0.25) is 0 Å². The number of hydrogen-bond donors (Lipinski definition) is 2. The zero-order valence-corrected chi connectivity index (χ0v) is 10.1. The van der Waals surface area contributed by atoms with Gasteiger partial charge in [0.25, 0.3) is 0 Å². The number of rotatable bonds is 2. The Bertz CT molecular complexity index is 385. The molecule has 0 atom stereocenters. The van der Waals surface area contributed by atoms with Gasteiger partial charge in [0.1, 0.15) is 5.84 Å². The van der Waals surface area contributed by atoms with Gasteiger partial charge in [-0.05, 0) is 5.41 Å². The zero-order chi connectivity index (χ0) is 12.2. The summed E-state index contributed by atoms with van der Waals surface area (Å²) in [4.78, 5) is 4.11. The second kappa shape index (κ2) is 4.92. The maximum atomic E-state index is 7.80. The molecule has 0 saturated heterocycles. The summed E-state index contributed by atoms with van der Waals surface area (Å²) in [6.45, 7) is 6.30. The van der Waals surface area contributed by atoms with Crippen LogP contribution in [0.15, 0.2) is 35.3 Å². The lowest BCUT2D eigenvalue weighted by Gasteiger charge is -2.17. The lowest BCUT2D eigenvalue weighted by atomic mass is 9.92. The quantitative estimate of drug-likeness (QED) is 0.580. The maximum absolute atomic E-state index is 7.80. The molecule has 0 spiro atoms. The zero-order valence-electron chi connectivity index (χ0n) is 10.1. The van der Waals surface area contributed by atoms with Crippen LogP contribution in [-0.2, 0) is 0 Å². The number of benzene rings is 1. The molecule has 86 valence electrons. The number of nitrogens with two attached hydrogens (primary N) is 1. The highest BCUT2D eigenvalue weighted by Crippen LogP contribution is 2.18. The molecule has 3 N–H and O–H groups in total. The Kier molecular flexibility index (Phi) is 3.82. The van der Waals surface area contributed by atoms with E-state index in [0.29, 0.717) is 12.3 Å². The number of amidine groups is 2. The second-order valence-electron chi connectivity index (χ2n) is 5.06. The van der Waals surface area contributed by atoms with Crippen LogP contribution in [0.4, 0.5) is 0 Å². The molecule has 0 fully saturated rings. The molecule has 3 heteroatoms. The highest BCUT2D eigenvalue weighted by atomic mass is 14.9. The Balaban J connectivity index is 2.74. The second-order valence-corrected chi connectivity index (χ2v) is 5.06. The van der Waals surface area contributed by atoms with Gasteiger partial charge in [-0.15, -0.1) is 0 Å². The van der Waals surface area contributed by atoms with Gasteiger partial charge in [-0.2, -0.15) is 0 Å². The molecule has 0 aliphatic carbocycles. The van der Waals surface area contributed by atoms with Gasteiger partial charge >= 0.3 is 0 Å². The normalized spacial score (nSPS) is 12.6. The molecule has 0 aliphatic rings. The van der Waals surface area contributed by atoms with Gasteiger partial charge in [-0.25, -0.2) is 4.99 Å². The van der Waals surface area contributed by atoms with Crippen LogP contribution in [-0.4, -0.2) is 11.7 Å². The van der Waals surface area contributed by atoms with E-state index in [1.807, 2.05) is 30.3 Å². The van der Waals surface area contributed by atoms with Crippen LogP contribution >= 0.6 is 0 Å². The fraction of sp³-hybridized carbons (Fsp3) is 0.385. The van der Waals surface area contributed by atoms with Crippen LogP contribution in [0.5, 0.6) is 0 Å². The van der Waals surface area contributed by atoms with Crippen LogP contribution < -0.4 is 5.73 Å². The SMILES string of the molecule is CC(C)(C)CC(N)=NC(=N)c1ccccc1. The highest BCUT2D eigenvalue weighted by Gasteiger charge is 2.12. The van der Waals surface area contributed by atoms with E-state index in [9.17, 15) is 0 Å². The number of nitrogens with zero attached hydrogens (tertiary/aromatic N) is 1. The minimum atomic E-state index is 0.102. The molecule has 0 heterocycles. The monoisotopic (exact) mass is 217 g/mol. The van der Waals surface area contributed by atoms with Crippen molar-refractivity contribution in [1.29, 1.82) is 5.41 Å². The van der Waals surface area contributed by atoms with Crippen molar-refractivity contribution in [3.63, 3.8) is 0 Å². The molecule has 3 nitrogen and oxygen atoms in total. The van der Waals surface area contributed by atoms with Gasteiger partial charge < -0.3 is 5.73 Å². The number of hydrogen-bond acceptors (Lipinski definition) is 1. The molecule has 0 unspecified atom stereocenters. The van der Waals surface area contributed by atoms with Crippen molar-refractivity contribution in [3.8, 4) is 0 Å². The molecule has 16 heavy (non-hydrogen) atoms. The lowest BCUT2D eigenvalue weighted by molar-refractivity contribution is 0.433. The third-order valence-electron chi connectivity index (χ3n) is 2.01. The summed E-state index contributed by atoms with van der Waals surface area (Å²) in [5.74, 6) is 0.740. The van der Waals surface area contributed by atoms with Crippen LogP contribution in [0.25, 0.3) is 0 Å². The summed E-state index contributed by atoms with van der Waals surface area (Å²) < 4.78 is 0. The van der Waals surface area contributed by atoms with E-state index in [4.69, 9.17) is 11.1 Å². The molecule has 1 rings (SSSR count). The summed E-state index contributed by atoms with van der Waals surface area (Å²) in [6, 6.07) is 9.41. The average Bonchev–Trinajstić information content (AvgIpc) is 2.16. The molecule has 1 aromatic rings.